The first kappa shape index (κ1) is 9.68. The number of nitrogens with one attached hydrogen (secondary N) is 1. The van der Waals surface area contributed by atoms with Gasteiger partial charge in [-0.1, -0.05) is 0 Å². The maximum atomic E-state index is 9.17. The summed E-state index contributed by atoms with van der Waals surface area (Å²) in [5.41, 5.74) is 1.16. The predicted octanol–water partition coefficient (Wildman–Crippen LogP) is 0.304. The highest BCUT2D eigenvalue weighted by Gasteiger charge is 2.24. The van der Waals surface area contributed by atoms with Gasteiger partial charge in [-0.2, -0.15) is 5.10 Å². The molecule has 0 bridgehead atoms. The maximum Gasteiger partial charge on any atom is 0.0602 e. The molecule has 1 heterocycles. The monoisotopic (exact) mass is 195 g/mol. The largest absolute Gasteiger partial charge is 0.395 e. The van der Waals surface area contributed by atoms with E-state index in [1.807, 2.05) is 24.0 Å². The summed E-state index contributed by atoms with van der Waals surface area (Å²) in [6.07, 6.45) is 6.33. The molecule has 0 radical (unpaired) electrons. The summed E-state index contributed by atoms with van der Waals surface area (Å²) in [5.74, 6) is 0. The van der Waals surface area contributed by atoms with E-state index < -0.39 is 0 Å². The molecule has 1 unspecified atom stereocenters. The Balaban J connectivity index is 1.86. The molecule has 1 fully saturated rings. The highest BCUT2D eigenvalue weighted by atomic mass is 16.3. The minimum Gasteiger partial charge on any atom is -0.395 e. The fourth-order valence-electron chi connectivity index (χ4n) is 1.54. The van der Waals surface area contributed by atoms with Crippen LogP contribution < -0.4 is 5.32 Å². The van der Waals surface area contributed by atoms with E-state index in [0.29, 0.717) is 6.04 Å². The number of rotatable bonds is 5. The number of hydrogen-bond acceptors (Lipinski definition) is 3. The van der Waals surface area contributed by atoms with Crippen LogP contribution in [0.25, 0.3) is 0 Å². The van der Waals surface area contributed by atoms with Crippen LogP contribution in [0, 0.1) is 6.92 Å². The molecule has 0 spiro atoms. The molecule has 0 amide bonds. The van der Waals surface area contributed by atoms with Gasteiger partial charge in [0, 0.05) is 12.2 Å². The maximum absolute atomic E-state index is 9.17. The number of aliphatic hydroxyl groups excluding tert-OH is 1. The van der Waals surface area contributed by atoms with E-state index in [1.165, 1.54) is 12.8 Å². The third-order valence-electron chi connectivity index (χ3n) is 2.44. The number of nitrogens with zero attached hydrogens (tertiary/aromatic N) is 2. The van der Waals surface area contributed by atoms with E-state index in [4.69, 9.17) is 5.11 Å². The lowest BCUT2D eigenvalue weighted by Crippen LogP contribution is -2.37. The molecule has 1 atom stereocenters. The van der Waals surface area contributed by atoms with E-state index in [2.05, 4.69) is 10.4 Å². The van der Waals surface area contributed by atoms with Crippen LogP contribution in [-0.4, -0.2) is 33.6 Å². The van der Waals surface area contributed by atoms with Crippen molar-refractivity contribution in [3.8, 4) is 0 Å². The summed E-state index contributed by atoms with van der Waals surface area (Å²) in [6, 6.07) is 0.769. The van der Waals surface area contributed by atoms with Gasteiger partial charge in [-0.25, -0.2) is 0 Å². The van der Waals surface area contributed by atoms with Gasteiger partial charge in [-0.15, -0.1) is 0 Å². The van der Waals surface area contributed by atoms with Gasteiger partial charge >= 0.3 is 0 Å². The Morgan fingerprint density at radius 3 is 3.00 bits per heavy atom. The second kappa shape index (κ2) is 4.11. The van der Waals surface area contributed by atoms with Crippen molar-refractivity contribution in [3.05, 3.63) is 18.0 Å². The lowest BCUT2D eigenvalue weighted by molar-refractivity contribution is 0.224. The summed E-state index contributed by atoms with van der Waals surface area (Å²) in [6.45, 7) is 2.95. The molecule has 0 aromatic carbocycles. The highest BCUT2D eigenvalue weighted by Crippen LogP contribution is 2.19. The van der Waals surface area contributed by atoms with Crippen molar-refractivity contribution in [2.75, 3.05) is 6.61 Å². The van der Waals surface area contributed by atoms with Gasteiger partial charge in [0.15, 0.2) is 0 Å². The quantitative estimate of drug-likeness (QED) is 0.710. The zero-order valence-electron chi connectivity index (χ0n) is 8.48. The first-order valence-corrected chi connectivity index (χ1v) is 5.14. The van der Waals surface area contributed by atoms with E-state index in [1.54, 1.807) is 0 Å². The fourth-order valence-corrected chi connectivity index (χ4v) is 1.54. The second-order valence-corrected chi connectivity index (χ2v) is 4.06. The van der Waals surface area contributed by atoms with E-state index >= 15 is 0 Å². The molecule has 0 saturated heterocycles. The standard InChI is InChI=1S/C10H17N3O/c1-8-4-11-13(5-8)6-10(7-14)12-9-2-3-9/h4-5,9-10,12,14H,2-3,6-7H2,1H3. The minimum absolute atomic E-state index is 0.141. The van der Waals surface area contributed by atoms with Crippen LogP contribution in [0.1, 0.15) is 18.4 Å². The number of aryl methyl sites for hydroxylation is 1. The smallest absolute Gasteiger partial charge is 0.0602 e. The molecule has 2 N–H and O–H groups in total. The normalized spacial score (nSPS) is 18.4. The zero-order chi connectivity index (χ0) is 9.97. The first-order valence-electron chi connectivity index (χ1n) is 5.14. The Kier molecular flexibility index (Phi) is 2.84. The van der Waals surface area contributed by atoms with Crippen LogP contribution in [0.4, 0.5) is 0 Å². The molecule has 4 heteroatoms. The van der Waals surface area contributed by atoms with Crippen LogP contribution in [0.15, 0.2) is 12.4 Å². The van der Waals surface area contributed by atoms with Crippen molar-refractivity contribution >= 4 is 0 Å². The Bertz CT molecular complexity index is 293. The lowest BCUT2D eigenvalue weighted by Gasteiger charge is -2.15. The molecule has 1 aliphatic carbocycles. The van der Waals surface area contributed by atoms with Crippen molar-refractivity contribution in [2.45, 2.75) is 38.4 Å². The number of aliphatic hydroxyl groups is 1. The van der Waals surface area contributed by atoms with Crippen molar-refractivity contribution in [3.63, 3.8) is 0 Å². The van der Waals surface area contributed by atoms with Gasteiger partial charge in [-0.3, -0.25) is 4.68 Å². The highest BCUT2D eigenvalue weighted by molar-refractivity contribution is 4.99. The minimum atomic E-state index is 0.141. The van der Waals surface area contributed by atoms with Crippen LogP contribution >= 0.6 is 0 Å². The topological polar surface area (TPSA) is 50.1 Å². The van der Waals surface area contributed by atoms with Crippen LogP contribution in [0.2, 0.25) is 0 Å². The molecule has 1 aliphatic rings. The summed E-state index contributed by atoms with van der Waals surface area (Å²) in [5, 5.41) is 16.8. The summed E-state index contributed by atoms with van der Waals surface area (Å²) >= 11 is 0. The summed E-state index contributed by atoms with van der Waals surface area (Å²) in [7, 11) is 0. The Labute approximate surface area is 83.9 Å². The van der Waals surface area contributed by atoms with Gasteiger partial charge in [0.2, 0.25) is 0 Å². The van der Waals surface area contributed by atoms with Gasteiger partial charge in [-0.05, 0) is 25.3 Å². The van der Waals surface area contributed by atoms with E-state index in [-0.39, 0.29) is 12.6 Å². The van der Waals surface area contributed by atoms with Gasteiger partial charge in [0.1, 0.15) is 0 Å². The molecule has 1 saturated carbocycles. The average Bonchev–Trinajstić information content (AvgIpc) is 2.89. The van der Waals surface area contributed by atoms with E-state index in [9.17, 15) is 0 Å². The van der Waals surface area contributed by atoms with Gasteiger partial charge in [0.25, 0.3) is 0 Å². The molecule has 1 aromatic rings. The molecule has 1 aromatic heterocycles. The predicted molar refractivity (Wildman–Crippen MR) is 54.0 cm³/mol. The van der Waals surface area contributed by atoms with Crippen molar-refractivity contribution in [1.82, 2.24) is 15.1 Å². The van der Waals surface area contributed by atoms with Crippen LogP contribution in [0.5, 0.6) is 0 Å². The molecule has 78 valence electrons. The number of hydrogen-bond donors (Lipinski definition) is 2. The van der Waals surface area contributed by atoms with Crippen molar-refractivity contribution in [2.24, 2.45) is 0 Å². The lowest BCUT2D eigenvalue weighted by atomic mass is 10.3. The Morgan fingerprint density at radius 1 is 1.71 bits per heavy atom. The van der Waals surface area contributed by atoms with Gasteiger partial charge < -0.3 is 10.4 Å². The molecular formula is C10H17N3O. The summed E-state index contributed by atoms with van der Waals surface area (Å²) < 4.78 is 1.88. The Morgan fingerprint density at radius 2 is 2.50 bits per heavy atom. The zero-order valence-corrected chi connectivity index (χ0v) is 8.48. The van der Waals surface area contributed by atoms with Crippen molar-refractivity contribution < 1.29 is 5.11 Å². The molecule has 14 heavy (non-hydrogen) atoms. The third kappa shape index (κ3) is 2.56. The molecule has 2 rings (SSSR count). The number of aromatic nitrogens is 2. The third-order valence-corrected chi connectivity index (χ3v) is 2.44. The van der Waals surface area contributed by atoms with Crippen LogP contribution in [0.3, 0.4) is 0 Å². The SMILES string of the molecule is Cc1cnn(CC(CO)NC2CC2)c1. The van der Waals surface area contributed by atoms with E-state index in [0.717, 1.165) is 12.1 Å². The second-order valence-electron chi connectivity index (χ2n) is 4.06. The molecular weight excluding hydrogens is 178 g/mol. The van der Waals surface area contributed by atoms with Crippen molar-refractivity contribution in [1.29, 1.82) is 0 Å². The molecule has 4 nitrogen and oxygen atoms in total. The van der Waals surface area contributed by atoms with Crippen LogP contribution in [-0.2, 0) is 6.54 Å². The first-order chi connectivity index (χ1) is 6.78. The average molecular weight is 195 g/mol. The molecule has 0 aliphatic heterocycles. The Hall–Kier alpha value is -0.870. The summed E-state index contributed by atoms with van der Waals surface area (Å²) in [4.78, 5) is 0. The van der Waals surface area contributed by atoms with Gasteiger partial charge in [0.05, 0.1) is 25.4 Å². The fraction of sp³-hybridized carbons (Fsp3) is 0.700.